The van der Waals surface area contributed by atoms with Crippen molar-refractivity contribution in [2.24, 2.45) is 34.5 Å². The predicted octanol–water partition coefficient (Wildman–Crippen LogP) is 7.26. The number of carbonyl (C=O) groups excluding carboxylic acids is 1. The van der Waals surface area contributed by atoms with E-state index in [1.807, 2.05) is 0 Å². The zero-order valence-corrected chi connectivity index (χ0v) is 25.7. The molecule has 4 fully saturated rings. The lowest BCUT2D eigenvalue weighted by molar-refractivity contribution is -0.137. The summed E-state index contributed by atoms with van der Waals surface area (Å²) in [6, 6.07) is 0. The molecule has 6 heteroatoms. The van der Waals surface area contributed by atoms with Crippen LogP contribution in [-0.4, -0.2) is 33.5 Å². The van der Waals surface area contributed by atoms with Crippen LogP contribution in [0.4, 0.5) is 0 Å². The molecule has 3 nitrogen and oxygen atoms in total. The quantitative estimate of drug-likeness (QED) is 0.138. The zero-order valence-electron chi connectivity index (χ0n) is 20.5. The molecule has 0 aromatic rings. The van der Waals surface area contributed by atoms with Crippen LogP contribution in [0.5, 0.6) is 0 Å². The number of rotatable bonds is 5. The molecule has 0 radical (unpaired) electrons. The van der Waals surface area contributed by atoms with Crippen LogP contribution in [-0.2, 0) is 9.59 Å². The summed E-state index contributed by atoms with van der Waals surface area (Å²) in [4.78, 5) is 25.8. The van der Waals surface area contributed by atoms with Crippen molar-refractivity contribution in [2.75, 3.05) is 0 Å². The van der Waals surface area contributed by atoms with Crippen molar-refractivity contribution < 1.29 is 14.7 Å². The highest BCUT2D eigenvalue weighted by atomic mass is 127. The molecule has 0 bridgehead atoms. The van der Waals surface area contributed by atoms with Crippen molar-refractivity contribution in [1.29, 1.82) is 0 Å². The molecule has 0 aliphatic heterocycles. The molecule has 4 rings (SSSR count). The smallest absolute Gasteiger partial charge is 0.303 e. The number of ketones is 1. The Morgan fingerprint density at radius 3 is 2.58 bits per heavy atom. The highest BCUT2D eigenvalue weighted by Gasteiger charge is 2.73. The van der Waals surface area contributed by atoms with Gasteiger partial charge in [0.05, 0.1) is 6.84 Å². The van der Waals surface area contributed by atoms with E-state index in [2.05, 4.69) is 60.9 Å². The van der Waals surface area contributed by atoms with Gasteiger partial charge >= 0.3 is 5.97 Å². The molecule has 186 valence electrons. The summed E-state index contributed by atoms with van der Waals surface area (Å²) >= 11 is 7.15. The molecule has 0 heterocycles. The van der Waals surface area contributed by atoms with Crippen LogP contribution in [0.3, 0.4) is 0 Å². The Labute approximate surface area is 229 Å². The van der Waals surface area contributed by atoms with Gasteiger partial charge in [-0.2, -0.15) is 12.6 Å². The van der Waals surface area contributed by atoms with Crippen LogP contribution in [0.25, 0.3) is 0 Å². The number of carboxylic acid groups (broad SMARTS) is 1. The Morgan fingerprint density at radius 2 is 1.97 bits per heavy atom. The normalized spacial score (nSPS) is 49.3. The van der Waals surface area contributed by atoms with Crippen molar-refractivity contribution in [3.63, 3.8) is 0 Å². The van der Waals surface area contributed by atoms with E-state index in [0.717, 1.165) is 50.5 Å². The molecular weight excluding hydrogens is 658 g/mol. The van der Waals surface area contributed by atoms with E-state index in [9.17, 15) is 14.7 Å². The van der Waals surface area contributed by atoms with Gasteiger partial charge in [-0.05, 0) is 92.8 Å². The molecule has 4 aliphatic rings. The van der Waals surface area contributed by atoms with Crippen LogP contribution in [0, 0.1) is 34.5 Å². The van der Waals surface area contributed by atoms with Crippen molar-refractivity contribution in [3.05, 3.63) is 11.6 Å². The maximum Gasteiger partial charge on any atom is 0.303 e. The molecule has 0 spiro atoms. The first-order chi connectivity index (χ1) is 15.4. The van der Waals surface area contributed by atoms with E-state index in [-0.39, 0.29) is 24.1 Å². The molecule has 1 N–H and O–H groups in total. The van der Waals surface area contributed by atoms with Crippen LogP contribution in [0.1, 0.15) is 85.5 Å². The fraction of sp³-hybridized carbons (Fsp3) is 0.815. The van der Waals surface area contributed by atoms with E-state index in [1.54, 1.807) is 0 Å². The van der Waals surface area contributed by atoms with Gasteiger partial charge in [-0.25, -0.2) is 0 Å². The maximum absolute atomic E-state index is 14.6. The van der Waals surface area contributed by atoms with Crippen molar-refractivity contribution >= 4 is 72.2 Å². The average Bonchev–Trinajstić information content (AvgIpc) is 3.12. The third kappa shape index (κ3) is 3.63. The fourth-order valence-electron chi connectivity index (χ4n) is 9.03. The summed E-state index contributed by atoms with van der Waals surface area (Å²) in [5.74, 6) is 1.37. The molecule has 9 unspecified atom stereocenters. The number of halogens is 2. The van der Waals surface area contributed by atoms with Gasteiger partial charge in [-0.3, -0.25) is 9.59 Å². The van der Waals surface area contributed by atoms with Gasteiger partial charge in [-0.15, -0.1) is 20.7 Å². The van der Waals surface area contributed by atoms with Gasteiger partial charge in [0.2, 0.25) is 0 Å². The van der Waals surface area contributed by atoms with E-state index in [1.165, 1.54) is 6.42 Å². The van der Waals surface area contributed by atoms with Gasteiger partial charge in [-0.1, -0.05) is 54.0 Å². The van der Waals surface area contributed by atoms with Crippen LogP contribution in [0.2, 0.25) is 0 Å². The number of carbonyl (C=O) groups is 2. The number of hydrogen-bond acceptors (Lipinski definition) is 3. The van der Waals surface area contributed by atoms with Crippen LogP contribution < -0.4 is 0 Å². The standard InChI is InChI=1S/C27H40I2O3S/c1-6-18-23(32)27(28)20-9-8-19(16(2)7-10-22(30)31)24(20,3)13-12-21(27)25(4)14-11-17(33)15-26(18,25)29-5/h6,16-17,19-21,33H,5,7-15H2,1-4H3,(H,30,31)/b18-6-. The summed E-state index contributed by atoms with van der Waals surface area (Å²) in [6.45, 7) is 9.27. The minimum atomic E-state index is -0.698. The van der Waals surface area contributed by atoms with Crippen molar-refractivity contribution in [1.82, 2.24) is 0 Å². The summed E-state index contributed by atoms with van der Waals surface area (Å²) in [5, 5.41) is 9.60. The number of hydrogen-bond donors (Lipinski definition) is 2. The van der Waals surface area contributed by atoms with Crippen molar-refractivity contribution in [3.8, 4) is 0 Å². The van der Waals surface area contributed by atoms with Gasteiger partial charge in [0.25, 0.3) is 0 Å². The molecular formula is C27H40I2O3S. The Balaban J connectivity index is 1.77. The number of allylic oxidation sites excluding steroid dienone is 2. The highest BCUT2D eigenvalue weighted by molar-refractivity contribution is 14.2. The monoisotopic (exact) mass is 698 g/mol. The SMILES string of the molecule is C=IC12CC(S)CCC1(C)C1CCC3(C)C(C(C)CCC(=O)O)CCC3C1(I)C(=O)/C2=C/C. The summed E-state index contributed by atoms with van der Waals surface area (Å²) in [7, 11) is 0. The summed E-state index contributed by atoms with van der Waals surface area (Å²) < 4.78 is 4.13. The maximum atomic E-state index is 14.6. The van der Waals surface area contributed by atoms with Gasteiger partial charge in [0.15, 0.2) is 5.78 Å². The zero-order chi connectivity index (χ0) is 24.4. The highest BCUT2D eigenvalue weighted by Crippen LogP contribution is 2.75. The Hall–Kier alpha value is 0.560. The molecule has 4 aliphatic carbocycles. The largest absolute Gasteiger partial charge is 0.481 e. The lowest BCUT2D eigenvalue weighted by Gasteiger charge is -2.67. The van der Waals surface area contributed by atoms with Crippen LogP contribution in [0.15, 0.2) is 11.6 Å². The molecule has 4 saturated carbocycles. The molecule has 0 saturated heterocycles. The van der Waals surface area contributed by atoms with Crippen LogP contribution >= 0.6 is 56.0 Å². The van der Waals surface area contributed by atoms with E-state index >= 15 is 0 Å². The number of carboxylic acids is 1. The molecule has 33 heavy (non-hydrogen) atoms. The number of alkyl halides is 2. The first-order valence-corrected chi connectivity index (χ1v) is 16.8. The molecule has 9 atom stereocenters. The number of aliphatic carboxylic acids is 1. The number of fused-ring (bicyclic) bond motifs is 5. The molecule has 0 amide bonds. The number of thiol groups is 1. The third-order valence-electron chi connectivity index (χ3n) is 10.6. The average molecular weight is 698 g/mol. The number of Topliss-reactive ketones (excluding diaryl/α,β-unsaturated/α-hetero) is 1. The Morgan fingerprint density at radius 1 is 1.27 bits per heavy atom. The predicted molar refractivity (Wildman–Crippen MR) is 157 cm³/mol. The van der Waals surface area contributed by atoms with E-state index < -0.39 is 26.7 Å². The fourth-order valence-corrected chi connectivity index (χ4v) is 15.4. The first-order valence-electron chi connectivity index (χ1n) is 12.6. The molecule has 0 aromatic heterocycles. The lowest BCUT2D eigenvalue weighted by Crippen LogP contribution is -2.70. The minimum absolute atomic E-state index is 0.0533. The topological polar surface area (TPSA) is 54.4 Å². The Bertz CT molecular complexity index is 889. The molecule has 0 aromatic carbocycles. The lowest BCUT2D eigenvalue weighted by atomic mass is 9.43. The van der Waals surface area contributed by atoms with E-state index in [4.69, 9.17) is 12.6 Å². The van der Waals surface area contributed by atoms with Gasteiger partial charge < -0.3 is 5.11 Å². The van der Waals surface area contributed by atoms with Gasteiger partial charge in [0, 0.05) is 17.2 Å². The second-order valence-corrected chi connectivity index (χ2v) is 16.9. The summed E-state index contributed by atoms with van der Waals surface area (Å²) in [5.41, 5.74) is 1.32. The van der Waals surface area contributed by atoms with Gasteiger partial charge in [0.1, 0.15) is 0 Å². The van der Waals surface area contributed by atoms with E-state index in [0.29, 0.717) is 34.7 Å². The minimum Gasteiger partial charge on any atom is -0.481 e. The second kappa shape index (κ2) is 9.14. The first kappa shape index (κ1) is 26.6. The second-order valence-electron chi connectivity index (χ2n) is 11.8. The van der Waals surface area contributed by atoms with Crippen molar-refractivity contribution in [2.45, 2.75) is 97.6 Å². The Kier molecular flexibility index (Phi) is 7.37. The summed E-state index contributed by atoms with van der Waals surface area (Å²) in [6.07, 6.45) is 10.9. The third-order valence-corrected chi connectivity index (χ3v) is 16.6.